The molecule has 0 atom stereocenters. The van der Waals surface area contributed by atoms with Gasteiger partial charge in [0.25, 0.3) is 0 Å². The van der Waals surface area contributed by atoms with Crippen molar-refractivity contribution in [1.82, 2.24) is 0 Å². The van der Waals surface area contributed by atoms with E-state index in [0.29, 0.717) is 17.7 Å². The summed E-state index contributed by atoms with van der Waals surface area (Å²) in [7, 11) is 0. The van der Waals surface area contributed by atoms with Crippen molar-refractivity contribution in [2.24, 2.45) is 0 Å². The van der Waals surface area contributed by atoms with E-state index < -0.39 is 11.8 Å². The van der Waals surface area contributed by atoms with Gasteiger partial charge >= 0.3 is 5.97 Å². The number of carboxylic acids is 1. The molecule has 2 aromatic carbocycles. The number of halogens is 1. The van der Waals surface area contributed by atoms with Gasteiger partial charge in [-0.2, -0.15) is 0 Å². The predicted molar refractivity (Wildman–Crippen MR) is 74.5 cm³/mol. The zero-order valence-electron chi connectivity index (χ0n) is 11.3. The lowest BCUT2D eigenvalue weighted by atomic mass is 10.1. The second kappa shape index (κ2) is 6.17. The van der Waals surface area contributed by atoms with Crippen LogP contribution in [0.25, 0.3) is 0 Å². The predicted octanol–water partition coefficient (Wildman–Crippen LogP) is 3.91. The van der Waals surface area contributed by atoms with Gasteiger partial charge in [-0.05, 0) is 36.4 Å². The molecule has 0 aliphatic rings. The van der Waals surface area contributed by atoms with Crippen LogP contribution in [0.1, 0.15) is 34.1 Å². The molecule has 0 saturated heterocycles. The van der Waals surface area contributed by atoms with Crippen molar-refractivity contribution in [3.8, 4) is 11.5 Å². The number of hydrogen-bond acceptors (Lipinski definition) is 3. The number of benzene rings is 2. The third-order valence-corrected chi connectivity index (χ3v) is 2.90. The topological polar surface area (TPSA) is 63.6 Å². The lowest BCUT2D eigenvalue weighted by Crippen LogP contribution is -2.01. The third kappa shape index (κ3) is 3.45. The fraction of sp³-hybridized carbons (Fsp3) is 0.125. The molecule has 108 valence electrons. The summed E-state index contributed by atoms with van der Waals surface area (Å²) in [6.45, 7) is 1.76. The molecule has 0 saturated carbocycles. The van der Waals surface area contributed by atoms with Gasteiger partial charge in [0, 0.05) is 18.1 Å². The van der Waals surface area contributed by atoms with Gasteiger partial charge < -0.3 is 9.84 Å². The maximum absolute atomic E-state index is 13.2. The van der Waals surface area contributed by atoms with Gasteiger partial charge in [0.15, 0.2) is 5.78 Å². The summed E-state index contributed by atoms with van der Waals surface area (Å²) in [6, 6.07) is 9.45. The summed E-state index contributed by atoms with van der Waals surface area (Å²) in [5.74, 6) is -1.55. The Balaban J connectivity index is 2.28. The molecule has 0 unspecified atom stereocenters. The Kier molecular flexibility index (Phi) is 4.33. The number of Topliss-reactive ketones (excluding diaryl/α,β-unsaturated/α-hetero) is 1. The first-order valence-corrected chi connectivity index (χ1v) is 6.35. The number of aromatic carboxylic acids is 1. The molecule has 0 aromatic heterocycles. The summed E-state index contributed by atoms with van der Waals surface area (Å²) in [6.07, 6.45) is 0.396. The number of carbonyl (C=O) groups is 2. The number of hydrogen-bond donors (Lipinski definition) is 1. The van der Waals surface area contributed by atoms with E-state index in [1.807, 2.05) is 0 Å². The molecule has 5 heteroatoms. The van der Waals surface area contributed by atoms with E-state index in [2.05, 4.69) is 0 Å². The molecule has 0 heterocycles. The molecule has 0 spiro atoms. The van der Waals surface area contributed by atoms with Crippen LogP contribution < -0.4 is 4.74 Å². The number of ketones is 1. The van der Waals surface area contributed by atoms with Crippen molar-refractivity contribution in [2.75, 3.05) is 0 Å². The highest BCUT2D eigenvalue weighted by atomic mass is 19.1. The highest BCUT2D eigenvalue weighted by molar-refractivity contribution is 5.96. The molecule has 0 amide bonds. The monoisotopic (exact) mass is 288 g/mol. The standard InChI is InChI=1S/C16H13FO4/c1-2-14(18)10-3-6-12(7-4-10)21-15-9-11(17)5-8-13(15)16(19)20/h3-9H,2H2,1H3,(H,19,20). The molecule has 0 aliphatic heterocycles. The zero-order chi connectivity index (χ0) is 15.4. The maximum atomic E-state index is 13.2. The van der Waals surface area contributed by atoms with Gasteiger partial charge in [0.2, 0.25) is 0 Å². The van der Waals surface area contributed by atoms with Crippen molar-refractivity contribution in [3.63, 3.8) is 0 Å². The first kappa shape index (κ1) is 14.7. The third-order valence-electron chi connectivity index (χ3n) is 2.90. The number of ether oxygens (including phenoxy) is 1. The maximum Gasteiger partial charge on any atom is 0.339 e. The summed E-state index contributed by atoms with van der Waals surface area (Å²) in [5, 5.41) is 9.04. The Morgan fingerprint density at radius 1 is 1.14 bits per heavy atom. The normalized spacial score (nSPS) is 10.2. The molecule has 0 aliphatic carbocycles. The van der Waals surface area contributed by atoms with E-state index in [0.717, 1.165) is 18.2 Å². The first-order chi connectivity index (χ1) is 10.0. The smallest absolute Gasteiger partial charge is 0.339 e. The van der Waals surface area contributed by atoms with E-state index in [1.54, 1.807) is 31.2 Å². The van der Waals surface area contributed by atoms with Crippen LogP contribution in [0.3, 0.4) is 0 Å². The van der Waals surface area contributed by atoms with E-state index in [-0.39, 0.29) is 17.1 Å². The lowest BCUT2D eigenvalue weighted by Gasteiger charge is -2.09. The molecule has 2 rings (SSSR count). The Bertz CT molecular complexity index is 677. The lowest BCUT2D eigenvalue weighted by molar-refractivity contribution is 0.0694. The van der Waals surface area contributed by atoms with Crippen molar-refractivity contribution in [3.05, 3.63) is 59.4 Å². The summed E-state index contributed by atoms with van der Waals surface area (Å²) < 4.78 is 18.6. The first-order valence-electron chi connectivity index (χ1n) is 6.35. The van der Waals surface area contributed by atoms with Gasteiger partial charge in [0.05, 0.1) is 0 Å². The minimum absolute atomic E-state index is 0.00136. The van der Waals surface area contributed by atoms with Crippen molar-refractivity contribution in [2.45, 2.75) is 13.3 Å². The Morgan fingerprint density at radius 3 is 2.38 bits per heavy atom. The second-order valence-corrected chi connectivity index (χ2v) is 4.35. The van der Waals surface area contributed by atoms with Gasteiger partial charge in [-0.1, -0.05) is 6.92 Å². The fourth-order valence-corrected chi connectivity index (χ4v) is 1.80. The molecule has 4 nitrogen and oxygen atoms in total. The van der Waals surface area contributed by atoms with Crippen LogP contribution in [0.4, 0.5) is 4.39 Å². The Hall–Kier alpha value is -2.69. The Labute approximate surface area is 120 Å². The molecule has 21 heavy (non-hydrogen) atoms. The molecule has 1 N–H and O–H groups in total. The largest absolute Gasteiger partial charge is 0.478 e. The minimum atomic E-state index is -1.21. The summed E-state index contributed by atoms with van der Waals surface area (Å²) >= 11 is 0. The molecule has 2 aromatic rings. The number of carbonyl (C=O) groups excluding carboxylic acids is 1. The quantitative estimate of drug-likeness (QED) is 0.847. The Morgan fingerprint density at radius 2 is 1.81 bits per heavy atom. The van der Waals surface area contributed by atoms with Gasteiger partial charge in [0.1, 0.15) is 22.9 Å². The van der Waals surface area contributed by atoms with Gasteiger partial charge in [-0.25, -0.2) is 9.18 Å². The number of carboxylic acid groups (broad SMARTS) is 1. The van der Waals surface area contributed by atoms with Crippen LogP contribution in [-0.2, 0) is 0 Å². The van der Waals surface area contributed by atoms with Crippen LogP contribution in [0, 0.1) is 5.82 Å². The van der Waals surface area contributed by atoms with Crippen molar-refractivity contribution < 1.29 is 23.8 Å². The van der Waals surface area contributed by atoms with Gasteiger partial charge in [-0.15, -0.1) is 0 Å². The van der Waals surface area contributed by atoms with Crippen molar-refractivity contribution in [1.29, 1.82) is 0 Å². The average Bonchev–Trinajstić information content (AvgIpc) is 2.47. The molecular weight excluding hydrogens is 275 g/mol. The van der Waals surface area contributed by atoms with E-state index in [4.69, 9.17) is 9.84 Å². The van der Waals surface area contributed by atoms with Crippen LogP contribution in [0.15, 0.2) is 42.5 Å². The van der Waals surface area contributed by atoms with Gasteiger partial charge in [-0.3, -0.25) is 4.79 Å². The number of rotatable bonds is 5. The zero-order valence-corrected chi connectivity index (χ0v) is 11.3. The van der Waals surface area contributed by atoms with Crippen LogP contribution >= 0.6 is 0 Å². The van der Waals surface area contributed by atoms with Crippen LogP contribution in [0.2, 0.25) is 0 Å². The van der Waals surface area contributed by atoms with E-state index in [1.165, 1.54) is 0 Å². The molecular formula is C16H13FO4. The van der Waals surface area contributed by atoms with E-state index in [9.17, 15) is 14.0 Å². The summed E-state index contributed by atoms with van der Waals surface area (Å²) in [5.41, 5.74) is 0.410. The fourth-order valence-electron chi connectivity index (χ4n) is 1.80. The molecule has 0 fully saturated rings. The van der Waals surface area contributed by atoms with Crippen molar-refractivity contribution >= 4 is 11.8 Å². The van der Waals surface area contributed by atoms with Crippen LogP contribution in [-0.4, -0.2) is 16.9 Å². The second-order valence-electron chi connectivity index (χ2n) is 4.35. The van der Waals surface area contributed by atoms with E-state index >= 15 is 0 Å². The molecule has 0 radical (unpaired) electrons. The SMILES string of the molecule is CCC(=O)c1ccc(Oc2cc(F)ccc2C(=O)O)cc1. The summed E-state index contributed by atoms with van der Waals surface area (Å²) in [4.78, 5) is 22.6. The minimum Gasteiger partial charge on any atom is -0.478 e. The highest BCUT2D eigenvalue weighted by Gasteiger charge is 2.13. The average molecular weight is 288 g/mol. The van der Waals surface area contributed by atoms with Crippen LogP contribution in [0.5, 0.6) is 11.5 Å². The highest BCUT2D eigenvalue weighted by Crippen LogP contribution is 2.26. The molecule has 0 bridgehead atoms.